The SMILES string of the molecule is c1cc(-c2ccc3c(c2)-c2cccc4cccc(c24)O3)cc(-n2c3ccccc3c3ccc4ccccc4c32)c1. The highest BCUT2D eigenvalue weighted by atomic mass is 16.5. The van der Waals surface area contributed by atoms with Gasteiger partial charge in [-0.25, -0.2) is 0 Å². The molecule has 0 spiro atoms. The summed E-state index contributed by atoms with van der Waals surface area (Å²) in [6.07, 6.45) is 0. The zero-order chi connectivity index (χ0) is 26.2. The van der Waals surface area contributed by atoms with Gasteiger partial charge in [0.1, 0.15) is 11.5 Å². The predicted octanol–water partition coefficient (Wildman–Crippen LogP) is 10.5. The molecule has 0 amide bonds. The van der Waals surface area contributed by atoms with Crippen LogP contribution in [0.1, 0.15) is 0 Å². The number of rotatable bonds is 2. The Labute approximate surface area is 231 Å². The van der Waals surface area contributed by atoms with Crippen molar-refractivity contribution in [2.45, 2.75) is 0 Å². The molecule has 40 heavy (non-hydrogen) atoms. The summed E-state index contributed by atoms with van der Waals surface area (Å²) in [5, 5.41) is 7.44. The molecule has 0 radical (unpaired) electrons. The Morgan fingerprint density at radius 3 is 2.17 bits per heavy atom. The van der Waals surface area contributed by atoms with Gasteiger partial charge in [-0.3, -0.25) is 0 Å². The first-order valence-corrected chi connectivity index (χ1v) is 13.7. The number of nitrogens with zero attached hydrogens (tertiary/aromatic N) is 1. The third-order valence-electron chi connectivity index (χ3n) is 8.35. The molecule has 0 saturated heterocycles. The number of para-hydroxylation sites is 1. The van der Waals surface area contributed by atoms with Crippen molar-refractivity contribution in [3.8, 4) is 39.4 Å². The van der Waals surface area contributed by atoms with Gasteiger partial charge in [0.2, 0.25) is 0 Å². The fraction of sp³-hybridized carbons (Fsp3) is 0. The van der Waals surface area contributed by atoms with Gasteiger partial charge in [0.15, 0.2) is 0 Å². The van der Waals surface area contributed by atoms with Crippen LogP contribution in [0.2, 0.25) is 0 Å². The molecule has 0 fully saturated rings. The van der Waals surface area contributed by atoms with E-state index in [-0.39, 0.29) is 0 Å². The number of benzene rings is 7. The van der Waals surface area contributed by atoms with Crippen molar-refractivity contribution < 1.29 is 4.74 Å². The Hall–Kier alpha value is -5.34. The highest BCUT2D eigenvalue weighted by molar-refractivity contribution is 6.18. The van der Waals surface area contributed by atoms with Gasteiger partial charge in [0.05, 0.1) is 11.0 Å². The lowest BCUT2D eigenvalue weighted by molar-refractivity contribution is 0.487. The fourth-order valence-corrected chi connectivity index (χ4v) is 6.57. The quantitative estimate of drug-likeness (QED) is 0.226. The van der Waals surface area contributed by atoms with Crippen molar-refractivity contribution in [2.75, 3.05) is 0 Å². The molecule has 9 rings (SSSR count). The third-order valence-corrected chi connectivity index (χ3v) is 8.35. The van der Waals surface area contributed by atoms with Gasteiger partial charge in [-0.15, -0.1) is 0 Å². The normalized spacial score (nSPS) is 12.2. The van der Waals surface area contributed by atoms with Crippen LogP contribution in [0, 0.1) is 0 Å². The van der Waals surface area contributed by atoms with E-state index in [0.29, 0.717) is 0 Å². The van der Waals surface area contributed by atoms with E-state index in [1.54, 1.807) is 0 Å². The van der Waals surface area contributed by atoms with Crippen LogP contribution in [-0.2, 0) is 0 Å². The van der Waals surface area contributed by atoms with Crippen LogP contribution in [0.15, 0.2) is 140 Å². The van der Waals surface area contributed by atoms with E-state index in [1.807, 2.05) is 0 Å². The minimum atomic E-state index is 0.903. The van der Waals surface area contributed by atoms with Crippen molar-refractivity contribution >= 4 is 43.4 Å². The molecule has 2 heterocycles. The van der Waals surface area contributed by atoms with E-state index >= 15 is 0 Å². The minimum Gasteiger partial charge on any atom is -0.456 e. The van der Waals surface area contributed by atoms with Crippen molar-refractivity contribution in [1.82, 2.24) is 4.57 Å². The highest BCUT2D eigenvalue weighted by Gasteiger charge is 2.21. The molecular formula is C38H23NO. The lowest BCUT2D eigenvalue weighted by Gasteiger charge is -2.22. The average Bonchev–Trinajstić information content (AvgIpc) is 3.36. The second-order valence-electron chi connectivity index (χ2n) is 10.6. The topological polar surface area (TPSA) is 14.2 Å². The summed E-state index contributed by atoms with van der Waals surface area (Å²) in [7, 11) is 0. The van der Waals surface area contributed by atoms with Gasteiger partial charge in [-0.05, 0) is 63.9 Å². The van der Waals surface area contributed by atoms with Gasteiger partial charge in [-0.1, -0.05) is 103 Å². The van der Waals surface area contributed by atoms with E-state index < -0.39 is 0 Å². The number of fused-ring (bicyclic) bond motifs is 7. The molecule has 0 saturated carbocycles. The van der Waals surface area contributed by atoms with Gasteiger partial charge in [0.25, 0.3) is 0 Å². The lowest BCUT2D eigenvalue weighted by Crippen LogP contribution is -1.98. The first-order chi connectivity index (χ1) is 19.8. The molecule has 1 aromatic heterocycles. The molecule has 1 aliphatic heterocycles. The Bertz CT molecular complexity index is 2300. The van der Waals surface area contributed by atoms with Crippen molar-refractivity contribution in [3.05, 3.63) is 140 Å². The van der Waals surface area contributed by atoms with Gasteiger partial charge in [0, 0.05) is 32.8 Å². The summed E-state index contributed by atoms with van der Waals surface area (Å²) in [5.41, 5.74) is 8.33. The molecule has 0 N–H and O–H groups in total. The monoisotopic (exact) mass is 509 g/mol. The van der Waals surface area contributed by atoms with Crippen molar-refractivity contribution in [2.24, 2.45) is 0 Å². The first-order valence-electron chi connectivity index (χ1n) is 13.7. The van der Waals surface area contributed by atoms with Crippen LogP contribution in [0.3, 0.4) is 0 Å². The number of hydrogen-bond acceptors (Lipinski definition) is 1. The lowest BCUT2D eigenvalue weighted by atomic mass is 9.92. The summed E-state index contributed by atoms with van der Waals surface area (Å²) in [5.74, 6) is 1.83. The third kappa shape index (κ3) is 2.99. The Morgan fingerprint density at radius 1 is 0.450 bits per heavy atom. The number of aromatic nitrogens is 1. The second kappa shape index (κ2) is 8.08. The summed E-state index contributed by atoms with van der Waals surface area (Å²) in [4.78, 5) is 0. The molecule has 186 valence electrons. The van der Waals surface area contributed by atoms with Crippen LogP contribution in [0.4, 0.5) is 0 Å². The summed E-state index contributed by atoms with van der Waals surface area (Å²) < 4.78 is 8.78. The predicted molar refractivity (Wildman–Crippen MR) is 167 cm³/mol. The standard InChI is InChI=1S/C38H23NO/c1-2-13-29-24(8-1)18-20-32-30-14-3-4-16-34(30)39(38(29)32)28-12-5-11-26(22-28)27-19-21-35-33(23-27)31-15-6-9-25-10-7-17-36(40-35)37(25)31/h1-23H. The largest absolute Gasteiger partial charge is 0.456 e. The minimum absolute atomic E-state index is 0.903. The summed E-state index contributed by atoms with van der Waals surface area (Å²) in [6.45, 7) is 0. The number of hydrogen-bond donors (Lipinski definition) is 0. The second-order valence-corrected chi connectivity index (χ2v) is 10.6. The van der Waals surface area contributed by atoms with Crippen LogP contribution in [0.25, 0.3) is 71.3 Å². The van der Waals surface area contributed by atoms with Crippen LogP contribution in [0.5, 0.6) is 11.5 Å². The zero-order valence-electron chi connectivity index (χ0n) is 21.6. The Balaban J connectivity index is 1.27. The first kappa shape index (κ1) is 21.6. The zero-order valence-corrected chi connectivity index (χ0v) is 21.6. The number of ether oxygens (including phenoxy) is 1. The maximum absolute atomic E-state index is 6.36. The summed E-state index contributed by atoms with van der Waals surface area (Å²) >= 11 is 0. The van der Waals surface area contributed by atoms with Gasteiger partial charge in [-0.2, -0.15) is 0 Å². The molecule has 0 aliphatic carbocycles. The van der Waals surface area contributed by atoms with Crippen LogP contribution in [-0.4, -0.2) is 4.57 Å². The van der Waals surface area contributed by atoms with Crippen LogP contribution < -0.4 is 4.74 Å². The van der Waals surface area contributed by atoms with Gasteiger partial charge < -0.3 is 9.30 Å². The maximum atomic E-state index is 6.36. The maximum Gasteiger partial charge on any atom is 0.135 e. The van der Waals surface area contributed by atoms with Crippen molar-refractivity contribution in [1.29, 1.82) is 0 Å². The van der Waals surface area contributed by atoms with Gasteiger partial charge >= 0.3 is 0 Å². The van der Waals surface area contributed by atoms with E-state index in [4.69, 9.17) is 4.74 Å². The molecule has 2 heteroatoms. The smallest absolute Gasteiger partial charge is 0.135 e. The molecule has 0 bridgehead atoms. The molecule has 8 aromatic rings. The summed E-state index contributed by atoms with van der Waals surface area (Å²) in [6, 6.07) is 50.1. The van der Waals surface area contributed by atoms with E-state index in [0.717, 1.165) is 22.7 Å². The Kier molecular flexibility index (Phi) is 4.36. The molecule has 0 atom stereocenters. The Morgan fingerprint density at radius 2 is 1.23 bits per heavy atom. The van der Waals surface area contributed by atoms with E-state index in [2.05, 4.69) is 144 Å². The van der Waals surface area contributed by atoms with E-state index in [9.17, 15) is 0 Å². The molecular weight excluding hydrogens is 486 g/mol. The van der Waals surface area contributed by atoms with Crippen molar-refractivity contribution in [3.63, 3.8) is 0 Å². The van der Waals surface area contributed by atoms with Crippen LogP contribution >= 0.6 is 0 Å². The molecule has 7 aromatic carbocycles. The fourth-order valence-electron chi connectivity index (χ4n) is 6.57. The average molecular weight is 510 g/mol. The highest BCUT2D eigenvalue weighted by Crippen LogP contribution is 2.47. The van der Waals surface area contributed by atoms with E-state index in [1.165, 1.54) is 60.0 Å². The molecule has 2 nitrogen and oxygen atoms in total. The molecule has 0 unspecified atom stereocenters. The molecule has 1 aliphatic rings.